The molecular weight excluding hydrogens is 434 g/mol. The first kappa shape index (κ1) is 22.7. The Morgan fingerprint density at radius 2 is 1.56 bits per heavy atom. The molecule has 1 N–H and O–H groups in total. The zero-order valence-electron chi connectivity index (χ0n) is 18.7. The van der Waals surface area contributed by atoms with Crippen molar-refractivity contribution in [1.29, 1.82) is 0 Å². The fraction of sp³-hybridized carbons (Fsp3) is 0.111. The van der Waals surface area contributed by atoms with Crippen molar-refractivity contribution < 1.29 is 28.5 Å². The Labute approximate surface area is 196 Å². The number of H-pyrrole nitrogens is 1. The van der Waals surface area contributed by atoms with Crippen LogP contribution in [0.15, 0.2) is 84.9 Å². The Morgan fingerprint density at radius 1 is 0.765 bits per heavy atom. The molecule has 0 unspecified atom stereocenters. The highest BCUT2D eigenvalue weighted by molar-refractivity contribution is 5.92. The molecule has 172 valence electrons. The molecule has 0 aliphatic heterocycles. The van der Waals surface area contributed by atoms with Crippen LogP contribution in [-0.2, 0) is 16.1 Å². The molecule has 0 saturated carbocycles. The van der Waals surface area contributed by atoms with Gasteiger partial charge >= 0.3 is 11.9 Å². The number of rotatable bonds is 8. The third kappa shape index (κ3) is 5.45. The average molecular weight is 457 g/mol. The lowest BCUT2D eigenvalue weighted by Gasteiger charge is -2.11. The van der Waals surface area contributed by atoms with Gasteiger partial charge in [0.05, 0.1) is 19.8 Å². The zero-order valence-corrected chi connectivity index (χ0v) is 18.7. The molecule has 0 saturated heterocycles. The molecule has 1 aromatic heterocycles. The van der Waals surface area contributed by atoms with Crippen LogP contribution in [0, 0.1) is 0 Å². The predicted octanol–water partition coefficient (Wildman–Crippen LogP) is 5.63. The number of benzene rings is 3. The topological polar surface area (TPSA) is 86.8 Å². The maximum absolute atomic E-state index is 12.5. The van der Waals surface area contributed by atoms with Crippen molar-refractivity contribution in [2.24, 2.45) is 0 Å². The number of hydrogen-bond acceptors (Lipinski definition) is 6. The van der Waals surface area contributed by atoms with Gasteiger partial charge in [-0.2, -0.15) is 0 Å². The Balaban J connectivity index is 1.58. The first-order valence-electron chi connectivity index (χ1n) is 10.5. The molecule has 4 rings (SSSR count). The van der Waals surface area contributed by atoms with Gasteiger partial charge in [0.2, 0.25) is 0 Å². The van der Waals surface area contributed by atoms with Crippen molar-refractivity contribution in [3.8, 4) is 28.5 Å². The van der Waals surface area contributed by atoms with Gasteiger partial charge in [-0.15, -0.1) is 0 Å². The number of hydrogen-bond donors (Lipinski definition) is 1. The summed E-state index contributed by atoms with van der Waals surface area (Å²) < 4.78 is 21.5. The van der Waals surface area contributed by atoms with Crippen LogP contribution < -0.4 is 9.47 Å². The number of esters is 2. The molecule has 0 spiro atoms. The smallest absolute Gasteiger partial charge is 0.355 e. The summed E-state index contributed by atoms with van der Waals surface area (Å²) in [6, 6.07) is 25.0. The largest absolute Gasteiger partial charge is 0.497 e. The van der Waals surface area contributed by atoms with Crippen molar-refractivity contribution >= 4 is 11.9 Å². The lowest BCUT2D eigenvalue weighted by atomic mass is 10.1. The van der Waals surface area contributed by atoms with E-state index in [-0.39, 0.29) is 6.61 Å². The number of aromatic nitrogens is 1. The predicted molar refractivity (Wildman–Crippen MR) is 126 cm³/mol. The van der Waals surface area contributed by atoms with E-state index in [2.05, 4.69) is 4.98 Å². The van der Waals surface area contributed by atoms with Crippen LogP contribution in [0.3, 0.4) is 0 Å². The second-order valence-corrected chi connectivity index (χ2v) is 7.37. The van der Waals surface area contributed by atoms with E-state index in [1.54, 1.807) is 61.7 Å². The summed E-state index contributed by atoms with van der Waals surface area (Å²) in [4.78, 5) is 27.8. The summed E-state index contributed by atoms with van der Waals surface area (Å²) in [6.07, 6.45) is 0. The molecule has 7 nitrogen and oxygen atoms in total. The third-order valence-corrected chi connectivity index (χ3v) is 5.03. The molecule has 0 aliphatic carbocycles. The van der Waals surface area contributed by atoms with Crippen LogP contribution in [0.5, 0.6) is 17.2 Å². The molecule has 0 aliphatic rings. The van der Waals surface area contributed by atoms with Crippen molar-refractivity contribution in [2.75, 3.05) is 14.2 Å². The Morgan fingerprint density at radius 3 is 2.32 bits per heavy atom. The second-order valence-electron chi connectivity index (χ2n) is 7.37. The number of carbonyl (C=O) groups excluding carboxylic acids is 2. The number of nitrogens with one attached hydrogen (secondary N) is 1. The minimum absolute atomic E-state index is 0.171. The molecule has 0 radical (unpaired) electrons. The maximum Gasteiger partial charge on any atom is 0.355 e. The third-order valence-electron chi connectivity index (χ3n) is 5.03. The van der Waals surface area contributed by atoms with Crippen LogP contribution in [0.1, 0.15) is 26.4 Å². The molecule has 0 fully saturated rings. The Kier molecular flexibility index (Phi) is 6.93. The summed E-state index contributed by atoms with van der Waals surface area (Å²) in [6.45, 7) is 0.171. The van der Waals surface area contributed by atoms with E-state index in [1.807, 2.05) is 30.3 Å². The quantitative estimate of drug-likeness (QED) is 0.345. The maximum atomic E-state index is 12.5. The highest BCUT2D eigenvalue weighted by Gasteiger charge is 2.15. The van der Waals surface area contributed by atoms with Crippen LogP contribution in [-0.4, -0.2) is 31.1 Å². The Bertz CT molecular complexity index is 1300. The minimum Gasteiger partial charge on any atom is -0.497 e. The molecule has 0 amide bonds. The standard InChI is InChI=1S/C27H23NO6/c1-31-21-9-6-10-22(16-21)34-23-14-19(13-20(15-23)26(29)32-2)24-11-12-25(28-24)27(30)33-17-18-7-4-3-5-8-18/h3-16,28H,17H2,1-2H3. The van der Waals surface area contributed by atoms with Gasteiger partial charge in [0.1, 0.15) is 29.5 Å². The van der Waals surface area contributed by atoms with Gasteiger partial charge in [-0.25, -0.2) is 9.59 Å². The van der Waals surface area contributed by atoms with Crippen molar-refractivity contribution in [3.63, 3.8) is 0 Å². The summed E-state index contributed by atoms with van der Waals surface area (Å²) in [5, 5.41) is 0. The van der Waals surface area contributed by atoms with Crippen LogP contribution in [0.4, 0.5) is 0 Å². The van der Waals surface area contributed by atoms with Gasteiger partial charge in [0, 0.05) is 17.3 Å². The molecular formula is C27H23NO6. The number of aromatic amines is 1. The van der Waals surface area contributed by atoms with E-state index < -0.39 is 11.9 Å². The van der Waals surface area contributed by atoms with Gasteiger partial charge in [0.25, 0.3) is 0 Å². The van der Waals surface area contributed by atoms with Crippen LogP contribution in [0.25, 0.3) is 11.3 Å². The van der Waals surface area contributed by atoms with E-state index in [4.69, 9.17) is 18.9 Å². The first-order valence-corrected chi connectivity index (χ1v) is 10.5. The lowest BCUT2D eigenvalue weighted by molar-refractivity contribution is 0.0466. The summed E-state index contributed by atoms with van der Waals surface area (Å²) in [5.74, 6) is 0.626. The number of methoxy groups -OCH3 is 2. The molecule has 4 aromatic rings. The summed E-state index contributed by atoms with van der Waals surface area (Å²) >= 11 is 0. The van der Waals surface area contributed by atoms with Crippen LogP contribution in [0.2, 0.25) is 0 Å². The fourth-order valence-electron chi connectivity index (χ4n) is 3.33. The van der Waals surface area contributed by atoms with E-state index >= 15 is 0 Å². The molecule has 3 aromatic carbocycles. The zero-order chi connectivity index (χ0) is 23.9. The highest BCUT2D eigenvalue weighted by Crippen LogP contribution is 2.31. The van der Waals surface area contributed by atoms with Crippen molar-refractivity contribution in [2.45, 2.75) is 6.61 Å². The SMILES string of the molecule is COC(=O)c1cc(Oc2cccc(OC)c2)cc(-c2ccc(C(=O)OCc3ccccc3)[nH]2)c1. The van der Waals surface area contributed by atoms with Gasteiger partial charge < -0.3 is 23.9 Å². The molecule has 34 heavy (non-hydrogen) atoms. The fourth-order valence-corrected chi connectivity index (χ4v) is 3.33. The van der Waals surface area contributed by atoms with E-state index in [9.17, 15) is 9.59 Å². The number of carbonyl (C=O) groups is 2. The minimum atomic E-state index is -0.508. The van der Waals surface area contributed by atoms with E-state index in [0.29, 0.717) is 39.8 Å². The number of ether oxygens (including phenoxy) is 4. The van der Waals surface area contributed by atoms with Crippen LogP contribution >= 0.6 is 0 Å². The molecule has 0 bridgehead atoms. The molecule has 7 heteroatoms. The second kappa shape index (κ2) is 10.4. The first-order chi connectivity index (χ1) is 16.6. The highest BCUT2D eigenvalue weighted by atomic mass is 16.5. The molecule has 0 atom stereocenters. The van der Waals surface area contributed by atoms with Gasteiger partial charge in [0.15, 0.2) is 0 Å². The van der Waals surface area contributed by atoms with Crippen molar-refractivity contribution in [1.82, 2.24) is 4.98 Å². The lowest BCUT2D eigenvalue weighted by Crippen LogP contribution is -2.05. The van der Waals surface area contributed by atoms with Gasteiger partial charge in [-0.3, -0.25) is 0 Å². The van der Waals surface area contributed by atoms with Gasteiger partial charge in [-0.05, 0) is 48.0 Å². The van der Waals surface area contributed by atoms with E-state index in [1.165, 1.54) is 7.11 Å². The Hall–Kier alpha value is -4.52. The van der Waals surface area contributed by atoms with Gasteiger partial charge in [-0.1, -0.05) is 36.4 Å². The average Bonchev–Trinajstić information content (AvgIpc) is 3.38. The van der Waals surface area contributed by atoms with Crippen molar-refractivity contribution in [3.05, 3.63) is 102 Å². The monoisotopic (exact) mass is 457 g/mol. The summed E-state index contributed by atoms with van der Waals surface area (Å²) in [7, 11) is 2.88. The normalized spacial score (nSPS) is 10.4. The summed E-state index contributed by atoms with van der Waals surface area (Å²) in [5.41, 5.74) is 2.76. The molecule has 1 heterocycles. The van der Waals surface area contributed by atoms with E-state index in [0.717, 1.165) is 5.56 Å².